The number of amides is 1. The highest BCUT2D eigenvalue weighted by Crippen LogP contribution is 2.44. The van der Waals surface area contributed by atoms with E-state index in [4.69, 9.17) is 14.9 Å². The van der Waals surface area contributed by atoms with E-state index in [0.717, 1.165) is 58.0 Å². The number of quaternary nitrogens is 1. The van der Waals surface area contributed by atoms with E-state index in [1.54, 1.807) is 30.6 Å². The van der Waals surface area contributed by atoms with E-state index in [2.05, 4.69) is 9.97 Å². The predicted molar refractivity (Wildman–Crippen MR) is 121 cm³/mol. The van der Waals surface area contributed by atoms with Gasteiger partial charge in [0.15, 0.2) is 11.9 Å². The number of rotatable bonds is 7. The van der Waals surface area contributed by atoms with Crippen molar-refractivity contribution in [2.75, 3.05) is 19.6 Å². The van der Waals surface area contributed by atoms with Gasteiger partial charge in [0.1, 0.15) is 12.3 Å². The van der Waals surface area contributed by atoms with Crippen molar-refractivity contribution in [2.45, 2.75) is 62.7 Å². The molecule has 2 aromatic heterocycles. The monoisotopic (exact) mass is 469 g/mol. The molecule has 9 heteroatoms. The Morgan fingerprint density at radius 3 is 2.44 bits per heavy atom. The Morgan fingerprint density at radius 1 is 1.12 bits per heavy atom. The normalized spacial score (nSPS) is 29.8. The molecule has 3 N–H and O–H groups in total. The molecule has 4 aliphatic rings. The van der Waals surface area contributed by atoms with Gasteiger partial charge in [-0.25, -0.2) is 14.8 Å². The molecule has 3 saturated heterocycles. The van der Waals surface area contributed by atoms with Gasteiger partial charge in [-0.05, 0) is 31.0 Å². The molecule has 6 rings (SSSR count). The standard InChI is InChI=1S/C25H32N4O5/c26-22(30)21(23-27-11-5-12-28-23)29-13-9-17(10-14-29)19(16-29)34-24(31)25(32,20-8-4-15-33-20)18-6-2-1-3-7-18/h4-5,8,11-12,15,17-19,21,32H,1-3,6-7,9-10,13-14,16H2,(H-,26,30)/p+1/t17?,19-,21?,25?,29?/m0/s1. The van der Waals surface area contributed by atoms with Gasteiger partial charge >= 0.3 is 5.97 Å². The van der Waals surface area contributed by atoms with Crippen LogP contribution in [0.2, 0.25) is 0 Å². The van der Waals surface area contributed by atoms with Gasteiger partial charge in [-0.3, -0.25) is 4.79 Å². The SMILES string of the molecule is NC(=O)C(c1ncccn1)[N+]12CCC(CC1)[C@@H](OC(=O)C(O)(c1ccco1)C1CCCCC1)C2. The number of primary amides is 1. The number of nitrogens with zero attached hydrogens (tertiary/aromatic N) is 3. The third-order valence-corrected chi connectivity index (χ3v) is 8.27. The molecule has 182 valence electrons. The Morgan fingerprint density at radius 2 is 1.82 bits per heavy atom. The number of fused-ring (bicyclic) bond motifs is 3. The summed E-state index contributed by atoms with van der Waals surface area (Å²) in [6, 6.07) is 4.33. The quantitative estimate of drug-likeness (QED) is 0.470. The number of hydrogen-bond donors (Lipinski definition) is 2. The zero-order chi connectivity index (χ0) is 23.8. The van der Waals surface area contributed by atoms with Crippen LogP contribution in [-0.4, -0.2) is 57.2 Å². The summed E-state index contributed by atoms with van der Waals surface area (Å²) >= 11 is 0. The number of furan rings is 1. The van der Waals surface area contributed by atoms with Crippen LogP contribution in [0.1, 0.15) is 62.6 Å². The number of carbonyl (C=O) groups excluding carboxylic acids is 2. The minimum Gasteiger partial charge on any atom is -0.466 e. The molecular formula is C25H33N4O5+. The first-order valence-corrected chi connectivity index (χ1v) is 12.3. The molecule has 0 aromatic carbocycles. The Hall–Kier alpha value is -2.78. The van der Waals surface area contributed by atoms with Crippen LogP contribution in [-0.2, 0) is 19.9 Å². The summed E-state index contributed by atoms with van der Waals surface area (Å²) in [5.41, 5.74) is 4.05. The predicted octanol–water partition coefficient (Wildman–Crippen LogP) is 2.22. The Balaban J connectivity index is 1.41. The van der Waals surface area contributed by atoms with Gasteiger partial charge in [0, 0.05) is 37.1 Å². The van der Waals surface area contributed by atoms with Gasteiger partial charge in [-0.2, -0.15) is 0 Å². The molecule has 34 heavy (non-hydrogen) atoms. The summed E-state index contributed by atoms with van der Waals surface area (Å²) in [6.07, 6.45) is 10.4. The van der Waals surface area contributed by atoms with Gasteiger partial charge in [-0.1, -0.05) is 19.3 Å². The van der Waals surface area contributed by atoms with Gasteiger partial charge in [0.2, 0.25) is 11.6 Å². The topological polar surface area (TPSA) is 129 Å². The lowest BCUT2D eigenvalue weighted by molar-refractivity contribution is -0.965. The van der Waals surface area contributed by atoms with Gasteiger partial charge in [0.25, 0.3) is 5.91 Å². The van der Waals surface area contributed by atoms with Gasteiger partial charge in [0.05, 0.1) is 19.4 Å². The van der Waals surface area contributed by atoms with Crippen molar-refractivity contribution in [3.05, 3.63) is 48.4 Å². The Labute approximate surface area is 198 Å². The van der Waals surface area contributed by atoms with Crippen LogP contribution in [0.15, 0.2) is 41.3 Å². The summed E-state index contributed by atoms with van der Waals surface area (Å²) < 4.78 is 12.0. The zero-order valence-electron chi connectivity index (χ0n) is 19.3. The molecule has 2 bridgehead atoms. The van der Waals surface area contributed by atoms with E-state index in [9.17, 15) is 14.7 Å². The van der Waals surface area contributed by atoms with Crippen LogP contribution in [0.25, 0.3) is 0 Å². The second-order valence-corrected chi connectivity index (χ2v) is 10.1. The summed E-state index contributed by atoms with van der Waals surface area (Å²) in [4.78, 5) is 34.9. The lowest BCUT2D eigenvalue weighted by Crippen LogP contribution is -2.68. The third kappa shape index (κ3) is 3.90. The van der Waals surface area contributed by atoms with Gasteiger partial charge < -0.3 is 24.5 Å². The number of aromatic nitrogens is 2. The lowest BCUT2D eigenvalue weighted by atomic mass is 9.75. The fourth-order valence-electron chi connectivity index (χ4n) is 6.47. The number of hydrogen-bond acceptors (Lipinski definition) is 7. The maximum atomic E-state index is 13.6. The van der Waals surface area contributed by atoms with Crippen molar-refractivity contribution in [3.8, 4) is 0 Å². The van der Waals surface area contributed by atoms with E-state index in [0.29, 0.717) is 16.9 Å². The maximum Gasteiger partial charge on any atom is 0.346 e. The highest BCUT2D eigenvalue weighted by molar-refractivity contribution is 5.81. The maximum absolute atomic E-state index is 13.6. The van der Waals surface area contributed by atoms with Crippen LogP contribution in [0, 0.1) is 11.8 Å². The molecule has 0 spiro atoms. The minimum absolute atomic E-state index is 0.182. The largest absolute Gasteiger partial charge is 0.466 e. The molecule has 1 saturated carbocycles. The van der Waals surface area contributed by atoms with E-state index >= 15 is 0 Å². The zero-order valence-corrected chi connectivity index (χ0v) is 19.3. The molecule has 9 nitrogen and oxygen atoms in total. The van der Waals surface area contributed by atoms with Crippen molar-refractivity contribution in [2.24, 2.45) is 17.6 Å². The average molecular weight is 470 g/mol. The van der Waals surface area contributed by atoms with Crippen molar-refractivity contribution < 1.29 is 28.3 Å². The van der Waals surface area contributed by atoms with Crippen molar-refractivity contribution >= 4 is 11.9 Å². The number of esters is 1. The van der Waals surface area contributed by atoms with Crippen molar-refractivity contribution in [1.29, 1.82) is 0 Å². The second kappa shape index (κ2) is 9.11. The first-order chi connectivity index (χ1) is 16.4. The number of nitrogens with two attached hydrogens (primary N) is 1. The number of piperidine rings is 3. The minimum atomic E-state index is -1.81. The van der Waals surface area contributed by atoms with Crippen molar-refractivity contribution in [1.82, 2.24) is 9.97 Å². The average Bonchev–Trinajstić information content (AvgIpc) is 3.41. The number of ether oxygens (including phenoxy) is 1. The van der Waals surface area contributed by atoms with E-state index in [-0.39, 0.29) is 17.6 Å². The third-order valence-electron chi connectivity index (χ3n) is 8.27. The highest BCUT2D eigenvalue weighted by atomic mass is 16.6. The fraction of sp³-hybridized carbons (Fsp3) is 0.600. The highest BCUT2D eigenvalue weighted by Gasteiger charge is 2.57. The number of carbonyl (C=O) groups is 2. The fourth-order valence-corrected chi connectivity index (χ4v) is 6.47. The molecular weight excluding hydrogens is 436 g/mol. The molecule has 2 unspecified atom stereocenters. The van der Waals surface area contributed by atoms with E-state index in [1.807, 2.05) is 0 Å². The van der Waals surface area contributed by atoms with Crippen LogP contribution in [0.3, 0.4) is 0 Å². The molecule has 1 amide bonds. The van der Waals surface area contributed by atoms with Crippen LogP contribution < -0.4 is 5.73 Å². The van der Waals surface area contributed by atoms with Crippen LogP contribution in [0.5, 0.6) is 0 Å². The van der Waals surface area contributed by atoms with Crippen molar-refractivity contribution in [3.63, 3.8) is 0 Å². The Bertz CT molecular complexity index is 1000. The molecule has 3 aliphatic heterocycles. The van der Waals surface area contributed by atoms with Crippen LogP contribution >= 0.6 is 0 Å². The number of aliphatic hydroxyl groups is 1. The molecule has 3 atom stereocenters. The summed E-state index contributed by atoms with van der Waals surface area (Å²) in [5, 5.41) is 11.7. The first-order valence-electron chi connectivity index (χ1n) is 12.3. The smallest absolute Gasteiger partial charge is 0.346 e. The van der Waals surface area contributed by atoms with Gasteiger partial charge in [-0.15, -0.1) is 0 Å². The molecule has 2 aromatic rings. The molecule has 0 radical (unpaired) electrons. The van der Waals surface area contributed by atoms with E-state index < -0.39 is 29.6 Å². The van der Waals surface area contributed by atoms with E-state index in [1.165, 1.54) is 6.26 Å². The first kappa shape index (κ1) is 23.0. The lowest BCUT2D eigenvalue weighted by Gasteiger charge is -2.54. The molecule has 5 heterocycles. The second-order valence-electron chi connectivity index (χ2n) is 10.1. The molecule has 4 fully saturated rings. The summed E-state index contributed by atoms with van der Waals surface area (Å²) in [6.45, 7) is 1.94. The van der Waals surface area contributed by atoms with Crippen LogP contribution in [0.4, 0.5) is 0 Å². The summed E-state index contributed by atoms with van der Waals surface area (Å²) in [5.74, 6) is -0.567. The Kier molecular flexibility index (Phi) is 6.16. The summed E-state index contributed by atoms with van der Waals surface area (Å²) in [7, 11) is 0. The molecule has 1 aliphatic carbocycles.